The van der Waals surface area contributed by atoms with Gasteiger partial charge in [0.2, 0.25) is 5.91 Å². The van der Waals surface area contributed by atoms with E-state index in [2.05, 4.69) is 4.98 Å². The van der Waals surface area contributed by atoms with Crippen LogP contribution in [0.15, 0.2) is 41.3 Å². The van der Waals surface area contributed by atoms with E-state index in [1.807, 2.05) is 31.2 Å². The van der Waals surface area contributed by atoms with E-state index in [9.17, 15) is 14.7 Å². The molecule has 1 aliphatic heterocycles. The summed E-state index contributed by atoms with van der Waals surface area (Å²) in [5.74, 6) is -0.627. The van der Waals surface area contributed by atoms with Crippen molar-refractivity contribution >= 4 is 11.9 Å². The Bertz CT molecular complexity index is 709. The van der Waals surface area contributed by atoms with E-state index in [-0.39, 0.29) is 18.4 Å². The molecule has 0 unspecified atom stereocenters. The van der Waals surface area contributed by atoms with Crippen LogP contribution in [0.1, 0.15) is 25.3 Å². The van der Waals surface area contributed by atoms with Gasteiger partial charge in [0.25, 0.3) is 0 Å². The number of hydrogen-bond acceptors (Lipinski definition) is 4. The smallest absolute Gasteiger partial charge is 0.308 e. The topological polar surface area (TPSA) is 83.6 Å². The first-order valence-corrected chi connectivity index (χ1v) is 8.04. The molecule has 1 fully saturated rings. The Kier molecular flexibility index (Phi) is 4.64. The van der Waals surface area contributed by atoms with E-state index in [1.54, 1.807) is 11.1 Å². The van der Waals surface area contributed by atoms with Crippen molar-refractivity contribution in [2.24, 2.45) is 5.92 Å². The molecule has 2 atom stereocenters. The first-order chi connectivity index (χ1) is 11.5. The van der Waals surface area contributed by atoms with Gasteiger partial charge in [0.15, 0.2) is 12.2 Å². The predicted octanol–water partition coefficient (Wildman–Crippen LogP) is 2.60. The molecule has 1 saturated heterocycles. The summed E-state index contributed by atoms with van der Waals surface area (Å²) in [6.07, 6.45) is 4.65. The Morgan fingerprint density at radius 3 is 2.67 bits per heavy atom. The summed E-state index contributed by atoms with van der Waals surface area (Å²) < 4.78 is 5.24. The quantitative estimate of drug-likeness (QED) is 0.932. The minimum atomic E-state index is -0.823. The molecule has 126 valence electrons. The summed E-state index contributed by atoms with van der Waals surface area (Å²) >= 11 is 0. The fraction of sp³-hybridized carbons (Fsp3) is 0.389. The Labute approximate surface area is 140 Å². The summed E-state index contributed by atoms with van der Waals surface area (Å²) in [7, 11) is 0. The molecule has 2 aromatic rings. The molecule has 1 N–H and O–H groups in total. The molecule has 1 amide bonds. The highest BCUT2D eigenvalue weighted by atomic mass is 16.4. The number of carbonyl (C=O) groups excluding carboxylic acids is 1. The molecule has 1 aliphatic rings. The lowest BCUT2D eigenvalue weighted by Crippen LogP contribution is -2.47. The number of amides is 1. The van der Waals surface area contributed by atoms with Gasteiger partial charge in [-0.05, 0) is 25.3 Å². The van der Waals surface area contributed by atoms with Crippen molar-refractivity contribution < 1.29 is 19.1 Å². The second-order valence-electron chi connectivity index (χ2n) is 6.25. The molecular formula is C18H20N2O4. The zero-order valence-electron chi connectivity index (χ0n) is 13.5. The predicted molar refractivity (Wildman–Crippen MR) is 87.2 cm³/mol. The van der Waals surface area contributed by atoms with Crippen LogP contribution in [-0.4, -0.2) is 39.5 Å². The summed E-state index contributed by atoms with van der Waals surface area (Å²) in [6, 6.07) is 7.64. The Hall–Kier alpha value is -2.63. The number of likely N-dealkylation sites (tertiary alicyclic amines) is 1. The number of oxazole rings is 1. The van der Waals surface area contributed by atoms with Crippen LogP contribution >= 0.6 is 0 Å². The average Bonchev–Trinajstić information content (AvgIpc) is 3.10. The maximum Gasteiger partial charge on any atom is 0.308 e. The van der Waals surface area contributed by atoms with Crippen molar-refractivity contribution in [2.45, 2.75) is 32.2 Å². The normalized spacial score (nSPS) is 20.8. The summed E-state index contributed by atoms with van der Waals surface area (Å²) in [4.78, 5) is 29.3. The van der Waals surface area contributed by atoms with Gasteiger partial charge >= 0.3 is 5.97 Å². The Morgan fingerprint density at radius 2 is 2.04 bits per heavy atom. The average molecular weight is 328 g/mol. The molecule has 0 saturated carbocycles. The zero-order valence-corrected chi connectivity index (χ0v) is 13.5. The van der Waals surface area contributed by atoms with E-state index in [1.165, 1.54) is 6.39 Å². The third-order valence-electron chi connectivity index (χ3n) is 4.58. The van der Waals surface area contributed by atoms with Gasteiger partial charge in [0.05, 0.1) is 18.5 Å². The molecule has 2 heterocycles. The van der Waals surface area contributed by atoms with Crippen LogP contribution in [0, 0.1) is 5.92 Å². The highest BCUT2D eigenvalue weighted by molar-refractivity contribution is 5.80. The number of hydrogen-bond donors (Lipinski definition) is 1. The minimum absolute atomic E-state index is 0.0270. The molecule has 24 heavy (non-hydrogen) atoms. The molecule has 3 rings (SSSR count). The van der Waals surface area contributed by atoms with Crippen LogP contribution < -0.4 is 0 Å². The van der Waals surface area contributed by atoms with Crippen LogP contribution in [0.25, 0.3) is 11.3 Å². The van der Waals surface area contributed by atoms with E-state index in [4.69, 9.17) is 4.42 Å². The third kappa shape index (κ3) is 3.48. The van der Waals surface area contributed by atoms with Crippen LogP contribution in [0.4, 0.5) is 0 Å². The van der Waals surface area contributed by atoms with E-state index >= 15 is 0 Å². The second kappa shape index (κ2) is 6.86. The summed E-state index contributed by atoms with van der Waals surface area (Å²) in [5, 5.41) is 9.18. The van der Waals surface area contributed by atoms with E-state index < -0.39 is 11.9 Å². The lowest BCUT2D eigenvalue weighted by molar-refractivity contribution is -0.146. The van der Waals surface area contributed by atoms with E-state index in [0.717, 1.165) is 17.5 Å². The number of nitrogens with zero attached hydrogens (tertiary/aromatic N) is 2. The monoisotopic (exact) mass is 328 g/mol. The SMILES string of the molecule is C[C@H]1CC[C@@H](C(=O)O)CN1C(=O)Cc1ccc(-c2cnco2)cc1. The Morgan fingerprint density at radius 1 is 1.29 bits per heavy atom. The van der Waals surface area contributed by atoms with E-state index in [0.29, 0.717) is 18.7 Å². The van der Waals surface area contributed by atoms with Crippen molar-refractivity contribution in [2.75, 3.05) is 6.54 Å². The van der Waals surface area contributed by atoms with Crippen LogP contribution in [0.5, 0.6) is 0 Å². The number of benzene rings is 1. The molecule has 6 heteroatoms. The van der Waals surface area contributed by atoms with Gasteiger partial charge in [0, 0.05) is 18.2 Å². The Balaban J connectivity index is 1.66. The van der Waals surface area contributed by atoms with Crippen molar-refractivity contribution in [1.29, 1.82) is 0 Å². The second-order valence-corrected chi connectivity index (χ2v) is 6.25. The largest absolute Gasteiger partial charge is 0.481 e. The van der Waals surface area contributed by atoms with Gasteiger partial charge in [-0.1, -0.05) is 24.3 Å². The van der Waals surface area contributed by atoms with Crippen molar-refractivity contribution in [3.05, 3.63) is 42.4 Å². The van der Waals surface area contributed by atoms with Crippen LogP contribution in [0.3, 0.4) is 0 Å². The van der Waals surface area contributed by atoms with Crippen molar-refractivity contribution in [3.63, 3.8) is 0 Å². The summed E-state index contributed by atoms with van der Waals surface area (Å²) in [5.41, 5.74) is 1.80. The maximum absolute atomic E-state index is 12.6. The molecule has 1 aromatic heterocycles. The van der Waals surface area contributed by atoms with Crippen LogP contribution in [-0.2, 0) is 16.0 Å². The minimum Gasteiger partial charge on any atom is -0.481 e. The molecule has 6 nitrogen and oxygen atoms in total. The van der Waals surface area contributed by atoms with Gasteiger partial charge < -0.3 is 14.4 Å². The van der Waals surface area contributed by atoms with Crippen LogP contribution in [0.2, 0.25) is 0 Å². The highest BCUT2D eigenvalue weighted by Crippen LogP contribution is 2.24. The van der Waals surface area contributed by atoms with Gasteiger partial charge in [-0.3, -0.25) is 9.59 Å². The third-order valence-corrected chi connectivity index (χ3v) is 4.58. The molecule has 0 radical (unpaired) electrons. The lowest BCUT2D eigenvalue weighted by atomic mass is 9.93. The fourth-order valence-electron chi connectivity index (χ4n) is 3.08. The number of piperidine rings is 1. The number of carbonyl (C=O) groups is 2. The van der Waals surface area contributed by atoms with Crippen molar-refractivity contribution in [3.8, 4) is 11.3 Å². The highest BCUT2D eigenvalue weighted by Gasteiger charge is 2.32. The first-order valence-electron chi connectivity index (χ1n) is 8.04. The molecule has 1 aromatic carbocycles. The fourth-order valence-corrected chi connectivity index (χ4v) is 3.08. The molecule has 0 aliphatic carbocycles. The molecule has 0 bridgehead atoms. The van der Waals surface area contributed by atoms with Gasteiger partial charge in [-0.25, -0.2) is 4.98 Å². The van der Waals surface area contributed by atoms with Gasteiger partial charge in [0.1, 0.15) is 0 Å². The number of aromatic nitrogens is 1. The van der Waals surface area contributed by atoms with Gasteiger partial charge in [-0.2, -0.15) is 0 Å². The van der Waals surface area contributed by atoms with Crippen molar-refractivity contribution in [1.82, 2.24) is 9.88 Å². The number of rotatable bonds is 4. The summed E-state index contributed by atoms with van der Waals surface area (Å²) in [6.45, 7) is 2.27. The standard InChI is InChI=1S/C18H20N2O4/c1-12-2-5-15(18(22)23)10-20(12)17(21)8-13-3-6-14(7-4-13)16-9-19-11-24-16/h3-4,6-7,9,11-12,15H,2,5,8,10H2,1H3,(H,22,23)/t12-,15+/m0/s1. The van der Waals surface area contributed by atoms with Gasteiger partial charge in [-0.15, -0.1) is 0 Å². The molecular weight excluding hydrogens is 308 g/mol. The molecule has 0 spiro atoms. The first kappa shape index (κ1) is 16.2. The number of aliphatic carboxylic acids is 1. The zero-order chi connectivity index (χ0) is 17.1. The maximum atomic E-state index is 12.6. The number of carboxylic acid groups (broad SMARTS) is 1. The lowest BCUT2D eigenvalue weighted by Gasteiger charge is -2.36. The number of carboxylic acids is 1.